The van der Waals surface area contributed by atoms with E-state index in [4.69, 9.17) is 11.6 Å². The summed E-state index contributed by atoms with van der Waals surface area (Å²) < 4.78 is 1.87. The fraction of sp³-hybridized carbons (Fsp3) is 0.167. The Balaban J connectivity index is 1.55. The molecule has 0 fully saturated rings. The molecule has 1 atom stereocenters. The number of aromatic nitrogens is 2. The molecule has 2 aromatic carbocycles. The van der Waals surface area contributed by atoms with Crippen molar-refractivity contribution in [2.75, 3.05) is 11.9 Å². The van der Waals surface area contributed by atoms with E-state index in [-0.39, 0.29) is 0 Å². The van der Waals surface area contributed by atoms with Crippen LogP contribution in [0.3, 0.4) is 0 Å². The number of nitrogens with zero attached hydrogens (tertiary/aromatic N) is 2. The predicted octanol–water partition coefficient (Wildman–Crippen LogP) is 3.73. The van der Waals surface area contributed by atoms with Gasteiger partial charge in [0.1, 0.15) is 0 Å². The van der Waals surface area contributed by atoms with Crippen molar-refractivity contribution < 1.29 is 5.11 Å². The largest absolute Gasteiger partial charge is 0.387 e. The monoisotopic (exact) mass is 327 g/mol. The van der Waals surface area contributed by atoms with Gasteiger partial charge in [-0.3, -0.25) is 4.68 Å². The second-order valence-corrected chi connectivity index (χ2v) is 5.80. The van der Waals surface area contributed by atoms with E-state index in [2.05, 4.69) is 22.5 Å². The number of hydrogen-bond donors (Lipinski definition) is 2. The van der Waals surface area contributed by atoms with Gasteiger partial charge in [0.15, 0.2) is 0 Å². The number of benzene rings is 2. The van der Waals surface area contributed by atoms with E-state index in [9.17, 15) is 5.11 Å². The molecular weight excluding hydrogens is 310 g/mol. The SMILES string of the molecule is OC(CNc1cnn(Cc2ccccc2)c1)c1ccc(Cl)cc1. The van der Waals surface area contributed by atoms with Crippen LogP contribution in [-0.4, -0.2) is 21.4 Å². The quantitative estimate of drug-likeness (QED) is 0.725. The summed E-state index contributed by atoms with van der Waals surface area (Å²) >= 11 is 5.85. The third-order valence-electron chi connectivity index (χ3n) is 3.57. The zero-order chi connectivity index (χ0) is 16.1. The van der Waals surface area contributed by atoms with Crippen molar-refractivity contribution >= 4 is 17.3 Å². The van der Waals surface area contributed by atoms with Crippen molar-refractivity contribution in [2.45, 2.75) is 12.6 Å². The molecule has 0 saturated heterocycles. The van der Waals surface area contributed by atoms with E-state index in [1.165, 1.54) is 5.56 Å². The molecule has 0 saturated carbocycles. The fourth-order valence-corrected chi connectivity index (χ4v) is 2.46. The second kappa shape index (κ2) is 7.31. The average molecular weight is 328 g/mol. The zero-order valence-corrected chi connectivity index (χ0v) is 13.3. The van der Waals surface area contributed by atoms with Crippen molar-refractivity contribution in [3.63, 3.8) is 0 Å². The molecule has 0 aliphatic carbocycles. The topological polar surface area (TPSA) is 50.1 Å². The lowest BCUT2D eigenvalue weighted by Gasteiger charge is -2.12. The first-order chi connectivity index (χ1) is 11.2. The normalized spacial score (nSPS) is 12.1. The van der Waals surface area contributed by atoms with Crippen LogP contribution in [0.4, 0.5) is 5.69 Å². The number of halogens is 1. The summed E-state index contributed by atoms with van der Waals surface area (Å²) in [5.41, 5.74) is 2.91. The second-order valence-electron chi connectivity index (χ2n) is 5.36. The summed E-state index contributed by atoms with van der Waals surface area (Å²) in [6.07, 6.45) is 3.10. The zero-order valence-electron chi connectivity index (χ0n) is 12.6. The van der Waals surface area contributed by atoms with Gasteiger partial charge in [0.25, 0.3) is 0 Å². The molecule has 0 spiro atoms. The van der Waals surface area contributed by atoms with Gasteiger partial charge in [-0.15, -0.1) is 0 Å². The third-order valence-corrected chi connectivity index (χ3v) is 3.83. The Hall–Kier alpha value is -2.30. The smallest absolute Gasteiger partial charge is 0.0962 e. The van der Waals surface area contributed by atoms with Gasteiger partial charge in [-0.05, 0) is 23.3 Å². The summed E-state index contributed by atoms with van der Waals surface area (Å²) in [5.74, 6) is 0. The highest BCUT2D eigenvalue weighted by Gasteiger charge is 2.08. The Bertz CT molecular complexity index is 740. The molecule has 3 rings (SSSR count). The maximum Gasteiger partial charge on any atom is 0.0962 e. The molecule has 3 aromatic rings. The molecule has 23 heavy (non-hydrogen) atoms. The van der Waals surface area contributed by atoms with Crippen molar-refractivity contribution in [3.05, 3.63) is 83.1 Å². The molecular formula is C18H18ClN3O. The molecule has 0 aliphatic heterocycles. The summed E-state index contributed by atoms with van der Waals surface area (Å²) in [4.78, 5) is 0. The molecule has 0 aliphatic rings. The minimum absolute atomic E-state index is 0.415. The number of anilines is 1. The van der Waals surface area contributed by atoms with Crippen molar-refractivity contribution in [2.24, 2.45) is 0 Å². The Morgan fingerprint density at radius 3 is 2.57 bits per heavy atom. The summed E-state index contributed by atoms with van der Waals surface area (Å²) in [7, 11) is 0. The minimum atomic E-state index is -0.593. The van der Waals surface area contributed by atoms with E-state index in [1.54, 1.807) is 18.3 Å². The summed E-state index contributed by atoms with van der Waals surface area (Å²) in [5, 5.41) is 18.4. The number of nitrogens with one attached hydrogen (secondary N) is 1. The molecule has 5 heteroatoms. The molecule has 1 aromatic heterocycles. The molecule has 0 bridgehead atoms. The van der Waals surface area contributed by atoms with Crippen LogP contribution in [0.2, 0.25) is 5.02 Å². The van der Waals surface area contributed by atoms with Crippen molar-refractivity contribution in [1.82, 2.24) is 9.78 Å². The number of rotatable bonds is 6. The molecule has 118 valence electrons. The number of hydrogen-bond acceptors (Lipinski definition) is 3. The highest BCUT2D eigenvalue weighted by molar-refractivity contribution is 6.30. The maximum atomic E-state index is 10.2. The number of aliphatic hydroxyl groups is 1. The van der Waals surface area contributed by atoms with Gasteiger partial charge in [-0.1, -0.05) is 54.1 Å². The van der Waals surface area contributed by atoms with Gasteiger partial charge in [0, 0.05) is 17.8 Å². The van der Waals surface area contributed by atoms with Crippen LogP contribution in [0.25, 0.3) is 0 Å². The van der Waals surface area contributed by atoms with E-state index >= 15 is 0 Å². The first-order valence-corrected chi connectivity index (χ1v) is 7.82. The highest BCUT2D eigenvalue weighted by atomic mass is 35.5. The van der Waals surface area contributed by atoms with Gasteiger partial charge in [-0.2, -0.15) is 5.10 Å². The molecule has 0 radical (unpaired) electrons. The van der Waals surface area contributed by atoms with E-state index in [0.29, 0.717) is 11.6 Å². The molecule has 2 N–H and O–H groups in total. The third kappa shape index (κ3) is 4.34. The fourth-order valence-electron chi connectivity index (χ4n) is 2.33. The standard InChI is InChI=1S/C18H18ClN3O/c19-16-8-6-15(7-9-16)18(23)11-20-17-10-21-22(13-17)12-14-4-2-1-3-5-14/h1-10,13,18,20,23H,11-12H2. The van der Waals surface area contributed by atoms with Crippen molar-refractivity contribution in [1.29, 1.82) is 0 Å². The lowest BCUT2D eigenvalue weighted by Crippen LogP contribution is -2.11. The molecule has 4 nitrogen and oxygen atoms in total. The van der Waals surface area contributed by atoms with Crippen LogP contribution < -0.4 is 5.32 Å². The van der Waals surface area contributed by atoms with Crippen LogP contribution in [0.1, 0.15) is 17.2 Å². The van der Waals surface area contributed by atoms with Gasteiger partial charge in [0.2, 0.25) is 0 Å². The maximum absolute atomic E-state index is 10.2. The van der Waals surface area contributed by atoms with E-state index in [1.807, 2.05) is 41.2 Å². The lowest BCUT2D eigenvalue weighted by molar-refractivity contribution is 0.191. The van der Waals surface area contributed by atoms with Crippen LogP contribution in [0.5, 0.6) is 0 Å². The Kier molecular flexibility index (Phi) is 4.95. The Labute approximate surface area is 140 Å². The molecule has 1 heterocycles. The number of aliphatic hydroxyl groups excluding tert-OH is 1. The van der Waals surface area contributed by atoms with Gasteiger partial charge in [0.05, 0.1) is 24.5 Å². The van der Waals surface area contributed by atoms with Gasteiger partial charge in [-0.25, -0.2) is 0 Å². The van der Waals surface area contributed by atoms with Gasteiger partial charge < -0.3 is 10.4 Å². The van der Waals surface area contributed by atoms with Crippen LogP contribution >= 0.6 is 11.6 Å². The molecule has 0 amide bonds. The lowest BCUT2D eigenvalue weighted by atomic mass is 10.1. The van der Waals surface area contributed by atoms with E-state index in [0.717, 1.165) is 17.8 Å². The van der Waals surface area contributed by atoms with Crippen LogP contribution in [-0.2, 0) is 6.54 Å². The highest BCUT2D eigenvalue weighted by Crippen LogP contribution is 2.17. The average Bonchev–Trinajstić information content (AvgIpc) is 3.02. The van der Waals surface area contributed by atoms with Gasteiger partial charge >= 0.3 is 0 Å². The Morgan fingerprint density at radius 2 is 1.83 bits per heavy atom. The Morgan fingerprint density at radius 1 is 1.09 bits per heavy atom. The first kappa shape index (κ1) is 15.6. The summed E-state index contributed by atoms with van der Waals surface area (Å²) in [6, 6.07) is 17.4. The predicted molar refractivity (Wildman–Crippen MR) is 92.7 cm³/mol. The van der Waals surface area contributed by atoms with Crippen LogP contribution in [0, 0.1) is 0 Å². The summed E-state index contributed by atoms with van der Waals surface area (Å²) in [6.45, 7) is 1.14. The first-order valence-electron chi connectivity index (χ1n) is 7.44. The minimum Gasteiger partial charge on any atom is -0.387 e. The van der Waals surface area contributed by atoms with E-state index < -0.39 is 6.10 Å². The van der Waals surface area contributed by atoms with Crippen molar-refractivity contribution in [3.8, 4) is 0 Å². The molecule has 1 unspecified atom stereocenters. The van der Waals surface area contributed by atoms with Crippen LogP contribution in [0.15, 0.2) is 67.0 Å².